The largest absolute Gasteiger partial charge is 0.396 e. The van der Waals surface area contributed by atoms with Gasteiger partial charge in [-0.1, -0.05) is 67.5 Å². The minimum absolute atomic E-state index is 0.104. The van der Waals surface area contributed by atoms with Gasteiger partial charge in [0, 0.05) is 42.2 Å². The molecule has 4 unspecified atom stereocenters. The Labute approximate surface area is 293 Å². The van der Waals surface area contributed by atoms with Crippen molar-refractivity contribution < 1.29 is 19.4 Å². The molecule has 7 heteroatoms. The highest BCUT2D eigenvalue weighted by Crippen LogP contribution is 2.56. The Morgan fingerprint density at radius 1 is 0.848 bits per heavy atom. The lowest BCUT2D eigenvalue weighted by molar-refractivity contribution is -0.150. The standard InChI is InChI=1S/C39H63IN2O4/c1-46-35-18-10-6-14-31(35)25-42-36(29-21-19-28(26-43)20-22-29)39(23-30-13-5-9-17-34(30)40,33-16-8-7-15-32(33)37(42)44)38(45)41-24-27-11-3-2-4-12-27/h27-31,34-36,43H,2-26H2,1H3,(H,41,45)/t28?,29?,30?,31?,34?,35?,36-,39-/m0/s1. The van der Waals surface area contributed by atoms with Crippen LogP contribution in [0.25, 0.3) is 0 Å². The quantitative estimate of drug-likeness (QED) is 0.175. The third-order valence-corrected chi connectivity index (χ3v) is 15.3. The number of hydrogen-bond acceptors (Lipinski definition) is 4. The maximum absolute atomic E-state index is 15.5. The van der Waals surface area contributed by atoms with Crippen LogP contribution in [0.3, 0.4) is 0 Å². The van der Waals surface area contributed by atoms with Gasteiger partial charge in [-0.25, -0.2) is 0 Å². The second kappa shape index (κ2) is 16.4. The number of aliphatic hydroxyl groups is 1. The van der Waals surface area contributed by atoms with E-state index in [4.69, 9.17) is 4.74 Å². The fourth-order valence-corrected chi connectivity index (χ4v) is 12.1. The summed E-state index contributed by atoms with van der Waals surface area (Å²) in [5.74, 6) is 2.51. The van der Waals surface area contributed by atoms with E-state index in [9.17, 15) is 9.90 Å². The Kier molecular flexibility index (Phi) is 12.5. The van der Waals surface area contributed by atoms with Gasteiger partial charge in [0.1, 0.15) is 0 Å². The molecule has 6 aliphatic rings. The van der Waals surface area contributed by atoms with Gasteiger partial charge in [-0.15, -0.1) is 0 Å². The van der Waals surface area contributed by atoms with Crippen molar-refractivity contribution in [1.82, 2.24) is 10.2 Å². The summed E-state index contributed by atoms with van der Waals surface area (Å²) in [6.07, 6.45) is 24.8. The number of ether oxygens (including phenoxy) is 1. The summed E-state index contributed by atoms with van der Waals surface area (Å²) < 4.78 is 6.66. The zero-order chi connectivity index (χ0) is 32.1. The average molecular weight is 751 g/mol. The van der Waals surface area contributed by atoms with E-state index in [1.54, 1.807) is 0 Å². The number of halogens is 1. The zero-order valence-electron chi connectivity index (χ0n) is 28.8. The van der Waals surface area contributed by atoms with Crippen molar-refractivity contribution in [3.8, 4) is 0 Å². The van der Waals surface area contributed by atoms with Crippen molar-refractivity contribution in [1.29, 1.82) is 0 Å². The average Bonchev–Trinajstić information content (AvgIpc) is 3.11. The molecular weight excluding hydrogens is 687 g/mol. The Morgan fingerprint density at radius 3 is 2.24 bits per heavy atom. The number of aliphatic hydroxyl groups excluding tert-OH is 1. The molecule has 6 rings (SSSR count). The number of nitrogens with zero attached hydrogens (tertiary/aromatic N) is 1. The number of amides is 2. The third kappa shape index (κ3) is 7.41. The van der Waals surface area contributed by atoms with E-state index in [2.05, 4.69) is 32.8 Å². The van der Waals surface area contributed by atoms with Crippen molar-refractivity contribution >= 4 is 34.4 Å². The summed E-state index contributed by atoms with van der Waals surface area (Å²) in [5.41, 5.74) is 1.60. The fourth-order valence-electron chi connectivity index (χ4n) is 11.1. The lowest BCUT2D eigenvalue weighted by Crippen LogP contribution is -2.66. The van der Waals surface area contributed by atoms with Gasteiger partial charge in [0.15, 0.2) is 0 Å². The Morgan fingerprint density at radius 2 is 1.52 bits per heavy atom. The van der Waals surface area contributed by atoms with Crippen LogP contribution in [-0.2, 0) is 14.3 Å². The van der Waals surface area contributed by atoms with Gasteiger partial charge in [-0.05, 0) is 126 Å². The van der Waals surface area contributed by atoms with Gasteiger partial charge < -0.3 is 20.1 Å². The fraction of sp³-hybridized carbons (Fsp3) is 0.897. The molecule has 0 saturated heterocycles. The predicted molar refractivity (Wildman–Crippen MR) is 193 cm³/mol. The van der Waals surface area contributed by atoms with Crippen molar-refractivity contribution in [2.75, 3.05) is 26.8 Å². The molecule has 6 atom stereocenters. The van der Waals surface area contributed by atoms with Crippen LogP contribution >= 0.6 is 22.6 Å². The van der Waals surface area contributed by atoms with Crippen molar-refractivity contribution in [3.63, 3.8) is 0 Å². The number of carbonyl (C=O) groups excluding carboxylic acids is 2. The van der Waals surface area contributed by atoms with Crippen molar-refractivity contribution in [2.24, 2.45) is 35.0 Å². The molecule has 0 aromatic heterocycles. The maximum Gasteiger partial charge on any atom is 0.250 e. The van der Waals surface area contributed by atoms with Crippen LogP contribution in [0.2, 0.25) is 0 Å². The molecule has 0 radical (unpaired) electrons. The molecule has 4 saturated carbocycles. The highest BCUT2D eigenvalue weighted by atomic mass is 127. The molecule has 2 N–H and O–H groups in total. The highest BCUT2D eigenvalue weighted by Gasteiger charge is 2.60. The second-order valence-corrected chi connectivity index (χ2v) is 17.9. The predicted octanol–water partition coefficient (Wildman–Crippen LogP) is 8.14. The summed E-state index contributed by atoms with van der Waals surface area (Å²) in [6, 6.07) is -0.104. The van der Waals surface area contributed by atoms with E-state index in [1.807, 2.05) is 7.11 Å². The van der Waals surface area contributed by atoms with Gasteiger partial charge in [0.05, 0.1) is 17.6 Å². The van der Waals surface area contributed by atoms with Crippen LogP contribution in [0.15, 0.2) is 11.1 Å². The van der Waals surface area contributed by atoms with Gasteiger partial charge in [0.25, 0.3) is 0 Å². The molecule has 2 amide bonds. The van der Waals surface area contributed by atoms with Gasteiger partial charge in [0.2, 0.25) is 11.8 Å². The summed E-state index contributed by atoms with van der Waals surface area (Å²) in [6.45, 7) is 1.75. The van der Waals surface area contributed by atoms with E-state index >= 15 is 4.79 Å². The normalized spacial score (nSPS) is 38.0. The molecule has 260 valence electrons. The number of rotatable bonds is 10. The molecule has 46 heavy (non-hydrogen) atoms. The Bertz CT molecular complexity index is 1070. The lowest BCUT2D eigenvalue weighted by atomic mass is 9.55. The van der Waals surface area contributed by atoms with E-state index in [-0.39, 0.29) is 36.5 Å². The Hall–Kier alpha value is -0.670. The van der Waals surface area contributed by atoms with E-state index in [0.717, 1.165) is 82.7 Å². The minimum Gasteiger partial charge on any atom is -0.396 e. The van der Waals surface area contributed by atoms with E-state index in [1.165, 1.54) is 76.2 Å². The molecule has 6 nitrogen and oxygen atoms in total. The smallest absolute Gasteiger partial charge is 0.250 e. The van der Waals surface area contributed by atoms with Gasteiger partial charge in [-0.3, -0.25) is 9.59 Å². The minimum atomic E-state index is -0.655. The topological polar surface area (TPSA) is 78.9 Å². The molecule has 5 aliphatic carbocycles. The van der Waals surface area contributed by atoms with Crippen molar-refractivity contribution in [3.05, 3.63) is 11.1 Å². The first-order chi connectivity index (χ1) is 22.5. The molecule has 0 aromatic rings. The summed E-state index contributed by atoms with van der Waals surface area (Å²) in [5, 5.41) is 13.8. The number of hydrogen-bond donors (Lipinski definition) is 2. The highest BCUT2D eigenvalue weighted by molar-refractivity contribution is 14.1. The van der Waals surface area contributed by atoms with E-state index in [0.29, 0.717) is 34.1 Å². The number of nitrogens with one attached hydrogen (secondary N) is 1. The van der Waals surface area contributed by atoms with Crippen LogP contribution in [0.4, 0.5) is 0 Å². The van der Waals surface area contributed by atoms with Crippen LogP contribution in [-0.4, -0.2) is 64.7 Å². The monoisotopic (exact) mass is 750 g/mol. The van der Waals surface area contributed by atoms with Crippen LogP contribution < -0.4 is 5.32 Å². The maximum atomic E-state index is 15.5. The second-order valence-electron chi connectivity index (χ2n) is 16.3. The third-order valence-electron chi connectivity index (χ3n) is 13.6. The Balaban J connectivity index is 1.45. The molecule has 0 spiro atoms. The summed E-state index contributed by atoms with van der Waals surface area (Å²) in [7, 11) is 1.85. The summed E-state index contributed by atoms with van der Waals surface area (Å²) in [4.78, 5) is 32.7. The van der Waals surface area contributed by atoms with Gasteiger partial charge in [-0.2, -0.15) is 0 Å². The first-order valence-electron chi connectivity index (χ1n) is 19.6. The first-order valence-corrected chi connectivity index (χ1v) is 20.8. The number of carbonyl (C=O) groups is 2. The molecule has 1 heterocycles. The number of methoxy groups -OCH3 is 1. The van der Waals surface area contributed by atoms with Crippen LogP contribution in [0, 0.1) is 35.0 Å². The van der Waals surface area contributed by atoms with Crippen LogP contribution in [0.5, 0.6) is 0 Å². The lowest BCUT2D eigenvalue weighted by Gasteiger charge is -2.57. The SMILES string of the molecule is COC1CCCCC1CN1C(=O)C2=C(CCCC2)[C@](CC2CCCCC2I)(C(=O)NCC2CCCCC2)[C@@H]1C1CCC(CO)CC1. The molecule has 4 fully saturated rings. The van der Waals surface area contributed by atoms with Crippen molar-refractivity contribution in [2.45, 2.75) is 157 Å². The summed E-state index contributed by atoms with van der Waals surface area (Å²) >= 11 is 2.71. The zero-order valence-corrected chi connectivity index (χ0v) is 31.0. The molecular formula is C39H63IN2O4. The molecule has 1 aliphatic heterocycles. The molecule has 0 bridgehead atoms. The molecule has 0 aromatic carbocycles. The first kappa shape index (κ1) is 35.2. The van der Waals surface area contributed by atoms with E-state index < -0.39 is 5.41 Å². The van der Waals surface area contributed by atoms with Gasteiger partial charge >= 0.3 is 0 Å². The number of alkyl halides is 1. The van der Waals surface area contributed by atoms with Crippen LogP contribution in [0.1, 0.15) is 141 Å².